The Morgan fingerprint density at radius 1 is 1.21 bits per heavy atom. The molecule has 1 aromatic carbocycles. The van der Waals surface area contributed by atoms with Gasteiger partial charge in [0.05, 0.1) is 0 Å². The zero-order chi connectivity index (χ0) is 20.9. The average molecular weight is 413 g/mol. The van der Waals surface area contributed by atoms with Crippen LogP contribution in [0.4, 0.5) is 4.79 Å². The first-order valence-electron chi connectivity index (χ1n) is 8.86. The van der Waals surface area contributed by atoms with Crippen molar-refractivity contribution in [3.05, 3.63) is 64.4 Å². The number of nitrogens with zero attached hydrogens (tertiary/aromatic N) is 1. The van der Waals surface area contributed by atoms with Crippen LogP contribution in [0.25, 0.3) is 6.08 Å². The molecule has 8 nitrogen and oxygen atoms in total. The van der Waals surface area contributed by atoms with Gasteiger partial charge < -0.3 is 10.1 Å². The van der Waals surface area contributed by atoms with Crippen LogP contribution >= 0.6 is 11.3 Å². The van der Waals surface area contributed by atoms with Crippen LogP contribution in [-0.2, 0) is 24.7 Å². The highest BCUT2D eigenvalue weighted by atomic mass is 32.1. The predicted octanol–water partition coefficient (Wildman–Crippen LogP) is 2.19. The van der Waals surface area contributed by atoms with Crippen LogP contribution in [0.15, 0.2) is 53.9 Å². The van der Waals surface area contributed by atoms with Gasteiger partial charge in [0.2, 0.25) is 0 Å². The van der Waals surface area contributed by atoms with E-state index in [9.17, 15) is 19.2 Å². The summed E-state index contributed by atoms with van der Waals surface area (Å²) in [6.45, 7) is 1.13. The number of urea groups is 1. The zero-order valence-corrected chi connectivity index (χ0v) is 16.4. The Morgan fingerprint density at radius 2 is 1.97 bits per heavy atom. The number of amides is 4. The van der Waals surface area contributed by atoms with E-state index < -0.39 is 36.0 Å². The van der Waals surface area contributed by atoms with E-state index in [4.69, 9.17) is 4.74 Å². The number of hydrazine groups is 1. The van der Waals surface area contributed by atoms with Gasteiger partial charge in [-0.15, -0.1) is 11.3 Å². The summed E-state index contributed by atoms with van der Waals surface area (Å²) in [4.78, 5) is 49.8. The lowest BCUT2D eigenvalue weighted by molar-refractivity contribution is -0.147. The first kappa shape index (κ1) is 20.3. The number of hydrogen-bond acceptors (Lipinski definition) is 6. The molecule has 29 heavy (non-hydrogen) atoms. The number of thiophene rings is 1. The highest BCUT2D eigenvalue weighted by Crippen LogP contribution is 2.31. The fourth-order valence-electron chi connectivity index (χ4n) is 2.92. The molecule has 0 spiro atoms. The number of benzene rings is 1. The van der Waals surface area contributed by atoms with Crippen LogP contribution in [-0.4, -0.2) is 35.4 Å². The van der Waals surface area contributed by atoms with Gasteiger partial charge in [0.1, 0.15) is 5.54 Å². The van der Waals surface area contributed by atoms with Crippen LogP contribution in [0.5, 0.6) is 0 Å². The molecule has 0 radical (unpaired) electrons. The van der Waals surface area contributed by atoms with Gasteiger partial charge in [-0.1, -0.05) is 43.3 Å². The Kier molecular flexibility index (Phi) is 6.08. The molecule has 0 bridgehead atoms. The van der Waals surface area contributed by atoms with Crippen LogP contribution in [0.3, 0.4) is 0 Å². The van der Waals surface area contributed by atoms with E-state index in [0.717, 1.165) is 4.88 Å². The third-order valence-corrected chi connectivity index (χ3v) is 5.23. The number of imide groups is 1. The van der Waals surface area contributed by atoms with Gasteiger partial charge in [0, 0.05) is 11.0 Å². The standard InChI is InChI=1S/C20H19N3O5S/c1-2-20(14-7-4-3-5-8-14)18(26)23(19(27)21-20)22-16(24)13-28-17(25)11-10-15-9-6-12-29-15/h3-12H,2,13H2,1H3,(H,21,27)(H,22,24)/b11-10+/t20-/m1/s1. The van der Waals surface area contributed by atoms with Gasteiger partial charge in [-0.2, -0.15) is 5.01 Å². The molecular weight excluding hydrogens is 394 g/mol. The molecule has 2 aromatic rings. The van der Waals surface area contributed by atoms with Gasteiger partial charge in [0.25, 0.3) is 11.8 Å². The highest BCUT2D eigenvalue weighted by Gasteiger charge is 2.52. The predicted molar refractivity (Wildman–Crippen MR) is 106 cm³/mol. The fourth-order valence-corrected chi connectivity index (χ4v) is 3.53. The topological polar surface area (TPSA) is 105 Å². The molecule has 150 valence electrons. The molecule has 0 aliphatic carbocycles. The van der Waals surface area contributed by atoms with Crippen molar-refractivity contribution in [2.75, 3.05) is 6.61 Å². The van der Waals surface area contributed by atoms with Gasteiger partial charge in [-0.05, 0) is 29.5 Å². The van der Waals surface area contributed by atoms with Crippen LogP contribution in [0.2, 0.25) is 0 Å². The molecule has 9 heteroatoms. The van der Waals surface area contributed by atoms with Gasteiger partial charge in [0.15, 0.2) is 6.61 Å². The van der Waals surface area contributed by atoms with Crippen molar-refractivity contribution in [3.63, 3.8) is 0 Å². The molecule has 4 amide bonds. The summed E-state index contributed by atoms with van der Waals surface area (Å²) >= 11 is 1.45. The van der Waals surface area contributed by atoms with E-state index in [0.29, 0.717) is 17.0 Å². The van der Waals surface area contributed by atoms with Gasteiger partial charge in [-0.25, -0.2) is 9.59 Å². The number of ether oxygens (including phenoxy) is 1. The van der Waals surface area contributed by atoms with E-state index in [1.54, 1.807) is 43.3 Å². The Labute approximate surface area is 171 Å². The van der Waals surface area contributed by atoms with E-state index in [2.05, 4.69) is 10.7 Å². The molecule has 0 saturated carbocycles. The summed E-state index contributed by atoms with van der Waals surface area (Å²) in [5, 5.41) is 5.13. The third kappa shape index (κ3) is 4.35. The summed E-state index contributed by atoms with van der Waals surface area (Å²) in [6, 6.07) is 11.7. The molecule has 3 rings (SSSR count). The Morgan fingerprint density at radius 3 is 2.62 bits per heavy atom. The van der Waals surface area contributed by atoms with E-state index in [1.807, 2.05) is 17.5 Å². The maximum absolute atomic E-state index is 12.9. The summed E-state index contributed by atoms with van der Waals surface area (Å²) in [7, 11) is 0. The minimum absolute atomic E-state index is 0.302. The lowest BCUT2D eigenvalue weighted by Crippen LogP contribution is -2.49. The first-order chi connectivity index (χ1) is 14.0. The molecule has 1 fully saturated rings. The normalized spacial score (nSPS) is 18.7. The number of carbonyl (C=O) groups excluding carboxylic acids is 4. The third-order valence-electron chi connectivity index (χ3n) is 4.40. The summed E-state index contributed by atoms with van der Waals surface area (Å²) in [5.41, 5.74) is 1.55. The maximum Gasteiger partial charge on any atom is 0.344 e. The monoisotopic (exact) mass is 413 g/mol. The molecule has 0 unspecified atom stereocenters. The SMILES string of the molecule is CC[C@]1(c2ccccc2)NC(=O)N(NC(=O)COC(=O)/C=C/c2cccs2)C1=O. The van der Waals surface area contributed by atoms with Crippen molar-refractivity contribution in [2.45, 2.75) is 18.9 Å². The first-order valence-corrected chi connectivity index (χ1v) is 9.74. The fraction of sp³-hybridized carbons (Fsp3) is 0.200. The Hall–Kier alpha value is -3.46. The molecule has 1 aromatic heterocycles. The average Bonchev–Trinajstić information content (AvgIpc) is 3.34. The van der Waals surface area contributed by atoms with Crippen molar-refractivity contribution in [2.24, 2.45) is 0 Å². The summed E-state index contributed by atoms with van der Waals surface area (Å²) < 4.78 is 4.84. The van der Waals surface area contributed by atoms with Crippen molar-refractivity contribution in [1.29, 1.82) is 0 Å². The van der Waals surface area contributed by atoms with Gasteiger partial charge >= 0.3 is 12.0 Å². The molecule has 1 atom stereocenters. The largest absolute Gasteiger partial charge is 0.452 e. The van der Waals surface area contributed by atoms with Crippen LogP contribution in [0, 0.1) is 0 Å². The minimum Gasteiger partial charge on any atom is -0.452 e. The molecular formula is C20H19N3O5S. The van der Waals surface area contributed by atoms with Crippen molar-refractivity contribution < 1.29 is 23.9 Å². The lowest BCUT2D eigenvalue weighted by Gasteiger charge is -2.25. The zero-order valence-electron chi connectivity index (χ0n) is 15.6. The second kappa shape index (κ2) is 8.70. The molecule has 2 N–H and O–H groups in total. The van der Waals surface area contributed by atoms with Crippen molar-refractivity contribution in [3.8, 4) is 0 Å². The molecule has 1 aliphatic heterocycles. The van der Waals surface area contributed by atoms with Gasteiger partial charge in [-0.3, -0.25) is 15.0 Å². The minimum atomic E-state index is -1.26. The Bertz CT molecular complexity index is 942. The summed E-state index contributed by atoms with van der Waals surface area (Å²) in [5.74, 6) is -2.11. The lowest BCUT2D eigenvalue weighted by atomic mass is 9.87. The van der Waals surface area contributed by atoms with Crippen LogP contribution in [0.1, 0.15) is 23.8 Å². The van der Waals surface area contributed by atoms with E-state index >= 15 is 0 Å². The number of nitrogens with one attached hydrogen (secondary N) is 2. The second-order valence-electron chi connectivity index (χ2n) is 6.19. The second-order valence-corrected chi connectivity index (χ2v) is 7.17. The van der Waals surface area contributed by atoms with Crippen molar-refractivity contribution in [1.82, 2.24) is 15.8 Å². The molecule has 1 aliphatic rings. The van der Waals surface area contributed by atoms with E-state index in [1.165, 1.54) is 17.4 Å². The van der Waals surface area contributed by atoms with Crippen LogP contribution < -0.4 is 10.7 Å². The number of rotatable bonds is 7. The number of esters is 1. The molecule has 1 saturated heterocycles. The van der Waals surface area contributed by atoms with E-state index in [-0.39, 0.29) is 0 Å². The number of hydrogen-bond donors (Lipinski definition) is 2. The van der Waals surface area contributed by atoms with Crippen molar-refractivity contribution >= 4 is 41.2 Å². The smallest absolute Gasteiger partial charge is 0.344 e. The Balaban J connectivity index is 1.59. The highest BCUT2D eigenvalue weighted by molar-refractivity contribution is 7.10. The summed E-state index contributed by atoms with van der Waals surface area (Å²) in [6.07, 6.45) is 3.07. The molecule has 2 heterocycles. The maximum atomic E-state index is 12.9. The quantitative estimate of drug-likeness (QED) is 0.411. The number of carbonyl (C=O) groups is 4.